The van der Waals surface area contributed by atoms with Gasteiger partial charge in [-0.25, -0.2) is 0 Å². The summed E-state index contributed by atoms with van der Waals surface area (Å²) in [6.45, 7) is 4.72. The van der Waals surface area contributed by atoms with Gasteiger partial charge in [0.2, 0.25) is 11.8 Å². The van der Waals surface area contributed by atoms with Crippen LogP contribution in [0.4, 0.5) is 0 Å². The summed E-state index contributed by atoms with van der Waals surface area (Å²) in [6.07, 6.45) is 4.95. The second kappa shape index (κ2) is 5.90. The molecule has 108 valence electrons. The summed E-state index contributed by atoms with van der Waals surface area (Å²) in [5.74, 6) is 0.344. The molecule has 19 heavy (non-hydrogen) atoms. The van der Waals surface area contributed by atoms with Crippen LogP contribution in [0.25, 0.3) is 0 Å². The van der Waals surface area contributed by atoms with E-state index in [1.54, 1.807) is 0 Å². The summed E-state index contributed by atoms with van der Waals surface area (Å²) in [4.78, 5) is 27.7. The molecule has 0 aromatic rings. The Labute approximate surface area is 115 Å². The highest BCUT2D eigenvalue weighted by atomic mass is 16.2. The van der Waals surface area contributed by atoms with Gasteiger partial charge in [-0.05, 0) is 25.7 Å². The van der Waals surface area contributed by atoms with Gasteiger partial charge in [-0.3, -0.25) is 9.59 Å². The van der Waals surface area contributed by atoms with Crippen molar-refractivity contribution in [1.82, 2.24) is 9.80 Å². The second-order valence-electron chi connectivity index (χ2n) is 5.86. The van der Waals surface area contributed by atoms with E-state index in [9.17, 15) is 9.59 Å². The van der Waals surface area contributed by atoms with Crippen LogP contribution in [0, 0.1) is 0 Å². The fourth-order valence-corrected chi connectivity index (χ4v) is 2.86. The smallest absolute Gasteiger partial charge is 0.224 e. The van der Waals surface area contributed by atoms with Crippen LogP contribution in [0.1, 0.15) is 45.4 Å². The largest absolute Gasteiger partial charge is 0.341 e. The average molecular weight is 267 g/mol. The van der Waals surface area contributed by atoms with Gasteiger partial charge < -0.3 is 15.5 Å². The quantitative estimate of drug-likeness (QED) is 0.819. The standard InChI is InChI=1S/C14H25N3O2/c1-2-12(18)16-7-4-8-17(10-9-16)13(19)11-14(15)5-3-6-14/h2-11,15H2,1H3. The highest BCUT2D eigenvalue weighted by molar-refractivity contribution is 5.78. The molecule has 0 radical (unpaired) electrons. The summed E-state index contributed by atoms with van der Waals surface area (Å²) in [6, 6.07) is 0. The van der Waals surface area contributed by atoms with E-state index in [2.05, 4.69) is 0 Å². The van der Waals surface area contributed by atoms with Crippen molar-refractivity contribution >= 4 is 11.8 Å². The summed E-state index contributed by atoms with van der Waals surface area (Å²) in [5.41, 5.74) is 5.89. The topological polar surface area (TPSA) is 66.6 Å². The van der Waals surface area contributed by atoms with Crippen molar-refractivity contribution in [2.24, 2.45) is 5.73 Å². The number of hydrogen-bond acceptors (Lipinski definition) is 3. The number of nitrogens with two attached hydrogens (primary N) is 1. The molecule has 1 aliphatic heterocycles. The van der Waals surface area contributed by atoms with Crippen molar-refractivity contribution in [3.05, 3.63) is 0 Å². The number of amides is 2. The number of carbonyl (C=O) groups excluding carboxylic acids is 2. The van der Waals surface area contributed by atoms with Gasteiger partial charge in [-0.15, -0.1) is 0 Å². The molecule has 0 spiro atoms. The van der Waals surface area contributed by atoms with E-state index in [4.69, 9.17) is 5.73 Å². The molecule has 0 unspecified atom stereocenters. The molecular formula is C14H25N3O2. The van der Waals surface area contributed by atoms with E-state index in [0.717, 1.165) is 38.8 Å². The van der Waals surface area contributed by atoms with Gasteiger partial charge in [-0.2, -0.15) is 0 Å². The molecule has 1 heterocycles. The molecule has 2 aliphatic rings. The molecule has 0 aromatic heterocycles. The predicted molar refractivity (Wildman–Crippen MR) is 73.5 cm³/mol. The second-order valence-corrected chi connectivity index (χ2v) is 5.86. The first-order valence-corrected chi connectivity index (χ1v) is 7.38. The third-order valence-corrected chi connectivity index (χ3v) is 4.36. The lowest BCUT2D eigenvalue weighted by Gasteiger charge is -2.38. The van der Waals surface area contributed by atoms with Crippen molar-refractivity contribution < 1.29 is 9.59 Å². The molecule has 2 fully saturated rings. The Balaban J connectivity index is 1.84. The zero-order valence-electron chi connectivity index (χ0n) is 11.9. The third-order valence-electron chi connectivity index (χ3n) is 4.36. The first-order chi connectivity index (χ1) is 9.04. The molecular weight excluding hydrogens is 242 g/mol. The Bertz CT molecular complexity index is 353. The SMILES string of the molecule is CCC(=O)N1CCCN(C(=O)CC2(N)CCC2)CC1. The molecule has 5 nitrogen and oxygen atoms in total. The first-order valence-electron chi connectivity index (χ1n) is 7.38. The summed E-state index contributed by atoms with van der Waals surface area (Å²) >= 11 is 0. The number of carbonyl (C=O) groups is 2. The summed E-state index contributed by atoms with van der Waals surface area (Å²) in [7, 11) is 0. The van der Waals surface area contributed by atoms with E-state index in [1.165, 1.54) is 0 Å². The predicted octanol–water partition coefficient (Wildman–Crippen LogP) is 0.729. The lowest BCUT2D eigenvalue weighted by atomic mass is 9.75. The number of rotatable bonds is 3. The van der Waals surface area contributed by atoms with E-state index in [0.29, 0.717) is 25.9 Å². The van der Waals surface area contributed by atoms with Crippen LogP contribution in [-0.2, 0) is 9.59 Å². The van der Waals surface area contributed by atoms with Gasteiger partial charge in [0.05, 0.1) is 0 Å². The Morgan fingerprint density at radius 2 is 1.58 bits per heavy atom. The highest BCUT2D eigenvalue weighted by Gasteiger charge is 2.36. The van der Waals surface area contributed by atoms with Crippen molar-refractivity contribution in [3.63, 3.8) is 0 Å². The van der Waals surface area contributed by atoms with Crippen LogP contribution in [0.2, 0.25) is 0 Å². The van der Waals surface area contributed by atoms with Crippen molar-refractivity contribution in [2.45, 2.75) is 51.0 Å². The molecule has 5 heteroatoms. The minimum absolute atomic E-state index is 0.160. The van der Waals surface area contributed by atoms with E-state index >= 15 is 0 Å². The van der Waals surface area contributed by atoms with Crippen LogP contribution < -0.4 is 5.73 Å². The molecule has 0 bridgehead atoms. The Morgan fingerprint density at radius 1 is 1.00 bits per heavy atom. The molecule has 0 aromatic carbocycles. The fraction of sp³-hybridized carbons (Fsp3) is 0.857. The Kier molecular flexibility index (Phi) is 4.45. The van der Waals surface area contributed by atoms with Gasteiger partial charge in [0.15, 0.2) is 0 Å². The minimum Gasteiger partial charge on any atom is -0.341 e. The maximum Gasteiger partial charge on any atom is 0.224 e. The maximum atomic E-state index is 12.2. The van der Waals surface area contributed by atoms with Gasteiger partial charge in [-0.1, -0.05) is 6.92 Å². The molecule has 1 saturated heterocycles. The average Bonchev–Trinajstić information content (AvgIpc) is 2.61. The molecule has 2 amide bonds. The van der Waals surface area contributed by atoms with Gasteiger partial charge in [0.25, 0.3) is 0 Å². The zero-order chi connectivity index (χ0) is 13.9. The lowest BCUT2D eigenvalue weighted by Crippen LogP contribution is -2.51. The monoisotopic (exact) mass is 267 g/mol. The van der Waals surface area contributed by atoms with E-state index < -0.39 is 0 Å². The van der Waals surface area contributed by atoms with Crippen molar-refractivity contribution in [1.29, 1.82) is 0 Å². The van der Waals surface area contributed by atoms with E-state index in [1.807, 2.05) is 16.7 Å². The van der Waals surface area contributed by atoms with Crippen molar-refractivity contribution in [3.8, 4) is 0 Å². The third kappa shape index (κ3) is 3.47. The van der Waals surface area contributed by atoms with Crippen molar-refractivity contribution in [2.75, 3.05) is 26.2 Å². The van der Waals surface area contributed by atoms with E-state index in [-0.39, 0.29) is 17.4 Å². The Morgan fingerprint density at radius 3 is 2.05 bits per heavy atom. The van der Waals surface area contributed by atoms with Gasteiger partial charge >= 0.3 is 0 Å². The molecule has 1 saturated carbocycles. The minimum atomic E-state index is -0.248. The highest BCUT2D eigenvalue weighted by Crippen LogP contribution is 2.32. The summed E-state index contributed by atoms with van der Waals surface area (Å²) < 4.78 is 0. The lowest BCUT2D eigenvalue weighted by molar-refractivity contribution is -0.134. The molecule has 2 rings (SSSR count). The van der Waals surface area contributed by atoms with Crippen LogP contribution in [0.3, 0.4) is 0 Å². The first kappa shape index (κ1) is 14.3. The molecule has 0 atom stereocenters. The van der Waals surface area contributed by atoms with Gasteiger partial charge in [0.1, 0.15) is 0 Å². The van der Waals surface area contributed by atoms with Gasteiger partial charge in [0, 0.05) is 44.6 Å². The number of hydrogen-bond donors (Lipinski definition) is 1. The van der Waals surface area contributed by atoms with Crippen LogP contribution in [0.5, 0.6) is 0 Å². The zero-order valence-corrected chi connectivity index (χ0v) is 11.9. The fourth-order valence-electron chi connectivity index (χ4n) is 2.86. The van der Waals surface area contributed by atoms with Crippen LogP contribution >= 0.6 is 0 Å². The molecule has 1 aliphatic carbocycles. The number of nitrogens with zero attached hydrogens (tertiary/aromatic N) is 2. The Hall–Kier alpha value is -1.10. The molecule has 2 N–H and O–H groups in total. The maximum absolute atomic E-state index is 12.2. The van der Waals surface area contributed by atoms with Crippen LogP contribution in [-0.4, -0.2) is 53.3 Å². The van der Waals surface area contributed by atoms with Crippen LogP contribution in [0.15, 0.2) is 0 Å². The summed E-state index contributed by atoms with van der Waals surface area (Å²) in [5, 5.41) is 0. The normalized spacial score (nSPS) is 22.6.